The van der Waals surface area contributed by atoms with Crippen LogP contribution < -0.4 is 0 Å². The van der Waals surface area contributed by atoms with Crippen LogP contribution in [0.3, 0.4) is 0 Å². The van der Waals surface area contributed by atoms with Crippen LogP contribution in [0.25, 0.3) is 11.4 Å². The van der Waals surface area contributed by atoms with Crippen LogP contribution in [0.1, 0.15) is 29.9 Å². The van der Waals surface area contributed by atoms with Crippen LogP contribution in [0, 0.1) is 19.8 Å². The van der Waals surface area contributed by atoms with Gasteiger partial charge in [-0.05, 0) is 44.9 Å². The van der Waals surface area contributed by atoms with E-state index in [1.165, 1.54) is 9.21 Å². The first-order chi connectivity index (χ1) is 15.7. The fourth-order valence-corrected chi connectivity index (χ4v) is 5.56. The number of rotatable bonds is 6. The van der Waals surface area contributed by atoms with Crippen LogP contribution in [-0.4, -0.2) is 53.8 Å². The van der Waals surface area contributed by atoms with E-state index < -0.39 is 15.9 Å². The summed E-state index contributed by atoms with van der Waals surface area (Å²) in [6.45, 7) is 4.64. The minimum atomic E-state index is -3.64. The third kappa shape index (κ3) is 5.15. The number of carbonyl (C=O) groups is 1. The lowest BCUT2D eigenvalue weighted by molar-refractivity contribution is -0.136. The van der Waals surface area contributed by atoms with Gasteiger partial charge < -0.3 is 9.42 Å². The van der Waals surface area contributed by atoms with E-state index in [1.807, 2.05) is 38.1 Å². The van der Waals surface area contributed by atoms with E-state index in [9.17, 15) is 13.2 Å². The van der Waals surface area contributed by atoms with Crippen LogP contribution in [0.15, 0.2) is 57.9 Å². The van der Waals surface area contributed by atoms with Gasteiger partial charge in [0.1, 0.15) is 0 Å². The highest BCUT2D eigenvalue weighted by atomic mass is 32.2. The first kappa shape index (κ1) is 23.1. The average molecular weight is 469 g/mol. The SMILES string of the molecule is Cc1ccc(S(=O)(=O)N2CCC[C@H](C(=O)N(C)Cc3nc(-c4cccc(C)c4)no3)C2)cc1. The maximum atomic E-state index is 13.1. The van der Waals surface area contributed by atoms with Gasteiger partial charge in [-0.1, -0.05) is 46.6 Å². The van der Waals surface area contributed by atoms with Crippen LogP contribution >= 0.6 is 0 Å². The number of nitrogens with zero attached hydrogens (tertiary/aromatic N) is 4. The second kappa shape index (κ2) is 9.44. The molecule has 9 heteroatoms. The van der Waals surface area contributed by atoms with Crippen LogP contribution in [0.4, 0.5) is 0 Å². The smallest absolute Gasteiger partial charge is 0.246 e. The largest absolute Gasteiger partial charge is 0.337 e. The molecule has 1 atom stereocenters. The van der Waals surface area contributed by atoms with E-state index in [0.717, 1.165) is 16.7 Å². The number of amides is 1. The second-order valence-electron chi connectivity index (χ2n) is 8.59. The lowest BCUT2D eigenvalue weighted by atomic mass is 9.98. The molecule has 0 radical (unpaired) electrons. The number of aryl methyl sites for hydroxylation is 2. The van der Waals surface area contributed by atoms with Crippen molar-refractivity contribution in [3.05, 3.63) is 65.5 Å². The van der Waals surface area contributed by atoms with E-state index in [0.29, 0.717) is 31.1 Å². The van der Waals surface area contributed by atoms with E-state index in [2.05, 4.69) is 10.1 Å². The van der Waals surface area contributed by atoms with Gasteiger partial charge in [-0.3, -0.25) is 4.79 Å². The van der Waals surface area contributed by atoms with Gasteiger partial charge >= 0.3 is 0 Å². The Balaban J connectivity index is 1.42. The van der Waals surface area contributed by atoms with Crippen molar-refractivity contribution in [1.82, 2.24) is 19.3 Å². The summed E-state index contributed by atoms with van der Waals surface area (Å²) in [5.74, 6) is 0.266. The lowest BCUT2D eigenvalue weighted by Crippen LogP contribution is -2.45. The summed E-state index contributed by atoms with van der Waals surface area (Å²) in [7, 11) is -1.97. The molecule has 0 spiro atoms. The summed E-state index contributed by atoms with van der Waals surface area (Å²) in [6.07, 6.45) is 1.27. The van der Waals surface area contributed by atoms with Crippen molar-refractivity contribution in [3.8, 4) is 11.4 Å². The van der Waals surface area contributed by atoms with Crippen LogP contribution in [0.5, 0.6) is 0 Å². The standard InChI is InChI=1S/C24H28N4O4S/c1-17-9-11-21(12-10-17)33(30,31)28-13-5-8-20(15-28)24(29)27(3)16-22-25-23(26-32-22)19-7-4-6-18(2)14-19/h4,6-7,9-12,14,20H,5,8,13,15-16H2,1-3H3/t20-/m0/s1. The van der Waals surface area contributed by atoms with Gasteiger partial charge in [-0.15, -0.1) is 0 Å². The highest BCUT2D eigenvalue weighted by Gasteiger charge is 2.34. The number of benzene rings is 2. The molecule has 2 heterocycles. The van der Waals surface area contributed by atoms with Crippen molar-refractivity contribution in [3.63, 3.8) is 0 Å². The number of hydrogen-bond acceptors (Lipinski definition) is 6. The molecule has 0 bridgehead atoms. The van der Waals surface area contributed by atoms with Crippen molar-refractivity contribution in [1.29, 1.82) is 0 Å². The number of carbonyl (C=O) groups excluding carboxylic acids is 1. The Hall–Kier alpha value is -3.04. The minimum Gasteiger partial charge on any atom is -0.337 e. The van der Waals surface area contributed by atoms with E-state index >= 15 is 0 Å². The van der Waals surface area contributed by atoms with Crippen molar-refractivity contribution in [2.75, 3.05) is 20.1 Å². The lowest BCUT2D eigenvalue weighted by Gasteiger charge is -2.33. The Kier molecular flexibility index (Phi) is 6.62. The van der Waals surface area contributed by atoms with E-state index in [-0.39, 0.29) is 23.9 Å². The first-order valence-electron chi connectivity index (χ1n) is 11.0. The highest BCUT2D eigenvalue weighted by Crippen LogP contribution is 2.25. The number of aromatic nitrogens is 2. The van der Waals surface area contributed by atoms with Crippen molar-refractivity contribution in [2.24, 2.45) is 5.92 Å². The molecule has 1 aliphatic heterocycles. The fraction of sp³-hybridized carbons (Fsp3) is 0.375. The third-order valence-electron chi connectivity index (χ3n) is 5.89. The zero-order chi connectivity index (χ0) is 23.6. The molecule has 0 aliphatic carbocycles. The van der Waals surface area contributed by atoms with Gasteiger partial charge in [0, 0.05) is 25.7 Å². The number of piperidine rings is 1. The Bertz CT molecular complexity index is 1240. The molecule has 1 aromatic heterocycles. The fourth-order valence-electron chi connectivity index (χ4n) is 4.03. The molecule has 0 saturated carbocycles. The van der Waals surface area contributed by atoms with Gasteiger partial charge in [0.25, 0.3) is 0 Å². The number of sulfonamides is 1. The summed E-state index contributed by atoms with van der Waals surface area (Å²) in [4.78, 5) is 19.3. The van der Waals surface area contributed by atoms with Gasteiger partial charge in [0.15, 0.2) is 0 Å². The first-order valence-corrected chi connectivity index (χ1v) is 12.4. The third-order valence-corrected chi connectivity index (χ3v) is 7.76. The molecule has 3 aromatic rings. The maximum Gasteiger partial charge on any atom is 0.246 e. The Morgan fingerprint density at radius 3 is 2.64 bits per heavy atom. The Morgan fingerprint density at radius 2 is 1.91 bits per heavy atom. The van der Waals surface area contributed by atoms with Gasteiger partial charge in [-0.25, -0.2) is 8.42 Å². The van der Waals surface area contributed by atoms with Gasteiger partial charge in [0.2, 0.25) is 27.6 Å². The highest BCUT2D eigenvalue weighted by molar-refractivity contribution is 7.89. The van der Waals surface area contributed by atoms with Crippen molar-refractivity contribution < 1.29 is 17.7 Å². The molecule has 0 N–H and O–H groups in total. The second-order valence-corrected chi connectivity index (χ2v) is 10.5. The Morgan fingerprint density at radius 1 is 1.15 bits per heavy atom. The summed E-state index contributed by atoms with van der Waals surface area (Å²) >= 11 is 0. The maximum absolute atomic E-state index is 13.1. The molecule has 1 amide bonds. The topological polar surface area (TPSA) is 96.6 Å². The molecule has 33 heavy (non-hydrogen) atoms. The molecular formula is C24H28N4O4S. The van der Waals surface area contributed by atoms with Crippen LogP contribution in [0.2, 0.25) is 0 Å². The molecule has 0 unspecified atom stereocenters. The van der Waals surface area contributed by atoms with Crippen molar-refractivity contribution in [2.45, 2.75) is 38.1 Å². The molecule has 1 aliphatic rings. The number of hydrogen-bond donors (Lipinski definition) is 0. The van der Waals surface area contributed by atoms with E-state index in [4.69, 9.17) is 4.52 Å². The molecule has 1 saturated heterocycles. The van der Waals surface area contributed by atoms with Gasteiger partial charge in [-0.2, -0.15) is 9.29 Å². The van der Waals surface area contributed by atoms with Crippen molar-refractivity contribution >= 4 is 15.9 Å². The predicted molar refractivity (Wildman–Crippen MR) is 124 cm³/mol. The van der Waals surface area contributed by atoms with Gasteiger partial charge in [0.05, 0.1) is 17.4 Å². The summed E-state index contributed by atoms with van der Waals surface area (Å²) in [5.41, 5.74) is 2.94. The predicted octanol–water partition coefficient (Wildman–Crippen LogP) is 3.41. The quantitative estimate of drug-likeness (QED) is 0.550. The average Bonchev–Trinajstić information content (AvgIpc) is 3.27. The molecule has 174 valence electrons. The van der Waals surface area contributed by atoms with E-state index in [1.54, 1.807) is 31.3 Å². The molecular weight excluding hydrogens is 440 g/mol. The molecule has 4 rings (SSSR count). The monoisotopic (exact) mass is 468 g/mol. The molecule has 1 fully saturated rings. The minimum absolute atomic E-state index is 0.130. The Labute approximate surface area is 194 Å². The molecule has 8 nitrogen and oxygen atoms in total. The summed E-state index contributed by atoms with van der Waals surface area (Å²) in [6, 6.07) is 14.6. The van der Waals surface area contributed by atoms with Crippen LogP contribution in [-0.2, 0) is 21.4 Å². The normalized spacial score (nSPS) is 17.1. The molecule has 2 aromatic carbocycles. The zero-order valence-corrected chi connectivity index (χ0v) is 19.9. The summed E-state index contributed by atoms with van der Waals surface area (Å²) < 4.78 is 32.9. The summed E-state index contributed by atoms with van der Waals surface area (Å²) in [5, 5.41) is 4.02. The zero-order valence-electron chi connectivity index (χ0n) is 19.1.